The van der Waals surface area contributed by atoms with Crippen LogP contribution in [0.3, 0.4) is 0 Å². The van der Waals surface area contributed by atoms with Crippen LogP contribution in [-0.4, -0.2) is 39.3 Å². The van der Waals surface area contributed by atoms with E-state index < -0.39 is 0 Å². The topological polar surface area (TPSA) is 59.6 Å². The second-order valence-corrected chi connectivity index (χ2v) is 4.90. The number of hydrogen-bond donors (Lipinski definition) is 2. The molecule has 0 radical (unpaired) electrons. The molecule has 2 N–H and O–H groups in total. The highest BCUT2D eigenvalue weighted by Gasteiger charge is 2.10. The van der Waals surface area contributed by atoms with Gasteiger partial charge in [0, 0.05) is 32.4 Å². The number of carbonyl (C=O) groups excluding carboxylic acids is 1. The zero-order valence-corrected chi connectivity index (χ0v) is 13.3. The number of para-hydroxylation sites is 1. The fourth-order valence-electron chi connectivity index (χ4n) is 1.75. The van der Waals surface area contributed by atoms with Crippen molar-refractivity contribution in [3.8, 4) is 5.75 Å². The minimum atomic E-state index is -0.166. The highest BCUT2D eigenvalue weighted by atomic mass is 35.5. The van der Waals surface area contributed by atoms with Gasteiger partial charge in [-0.2, -0.15) is 0 Å². The molecule has 5 nitrogen and oxygen atoms in total. The van der Waals surface area contributed by atoms with Crippen LogP contribution in [0.25, 0.3) is 0 Å². The first kappa shape index (κ1) is 17.8. The molecule has 0 aliphatic carbocycles. The summed E-state index contributed by atoms with van der Waals surface area (Å²) >= 11 is 6.14. The first-order chi connectivity index (χ1) is 10.2. The molecule has 1 rings (SSSR count). The average Bonchev–Trinajstić information content (AvgIpc) is 2.48. The third kappa shape index (κ3) is 6.80. The Morgan fingerprint density at radius 2 is 2.19 bits per heavy atom. The molecule has 6 heteroatoms. The fraction of sp³-hybridized carbons (Fsp3) is 0.533. The number of halogens is 1. The SMILES string of the molecule is CCNCc1cccc(Cl)c1OCC(=O)NCCCOC. The van der Waals surface area contributed by atoms with Crippen molar-refractivity contribution >= 4 is 17.5 Å². The quantitative estimate of drug-likeness (QED) is 0.648. The van der Waals surface area contributed by atoms with E-state index in [9.17, 15) is 4.79 Å². The summed E-state index contributed by atoms with van der Waals surface area (Å²) in [6, 6.07) is 5.55. The van der Waals surface area contributed by atoms with Crippen LogP contribution in [0.2, 0.25) is 5.02 Å². The highest BCUT2D eigenvalue weighted by molar-refractivity contribution is 6.32. The van der Waals surface area contributed by atoms with Gasteiger partial charge in [0.05, 0.1) is 5.02 Å². The van der Waals surface area contributed by atoms with Gasteiger partial charge in [-0.15, -0.1) is 0 Å². The molecule has 21 heavy (non-hydrogen) atoms. The Bertz CT molecular complexity index is 441. The smallest absolute Gasteiger partial charge is 0.257 e. The Morgan fingerprint density at radius 1 is 1.38 bits per heavy atom. The Labute approximate surface area is 131 Å². The van der Waals surface area contributed by atoms with Gasteiger partial charge in [-0.25, -0.2) is 0 Å². The number of rotatable bonds is 10. The van der Waals surface area contributed by atoms with Gasteiger partial charge in [0.15, 0.2) is 6.61 Å². The van der Waals surface area contributed by atoms with Crippen LogP contribution in [0.1, 0.15) is 18.9 Å². The third-order valence-electron chi connectivity index (χ3n) is 2.81. The number of benzene rings is 1. The molecule has 0 atom stereocenters. The van der Waals surface area contributed by atoms with Gasteiger partial charge in [-0.05, 0) is 19.0 Å². The Hall–Kier alpha value is -1.30. The number of carbonyl (C=O) groups is 1. The fourth-order valence-corrected chi connectivity index (χ4v) is 2.00. The van der Waals surface area contributed by atoms with Gasteiger partial charge in [-0.3, -0.25) is 4.79 Å². The Kier molecular flexibility index (Phi) is 8.82. The number of amides is 1. The van der Waals surface area contributed by atoms with E-state index in [4.69, 9.17) is 21.1 Å². The molecule has 0 saturated heterocycles. The first-order valence-electron chi connectivity index (χ1n) is 7.05. The molecular formula is C15H23ClN2O3. The minimum Gasteiger partial charge on any atom is -0.482 e. The molecule has 0 saturated carbocycles. The molecule has 0 fully saturated rings. The van der Waals surface area contributed by atoms with Crippen LogP contribution in [-0.2, 0) is 16.1 Å². The molecular weight excluding hydrogens is 292 g/mol. The normalized spacial score (nSPS) is 10.4. The number of hydrogen-bond acceptors (Lipinski definition) is 4. The van der Waals surface area contributed by atoms with E-state index in [1.54, 1.807) is 13.2 Å². The van der Waals surface area contributed by atoms with Crippen LogP contribution >= 0.6 is 11.6 Å². The monoisotopic (exact) mass is 314 g/mol. The van der Waals surface area contributed by atoms with E-state index in [-0.39, 0.29) is 12.5 Å². The Morgan fingerprint density at radius 3 is 2.90 bits per heavy atom. The average molecular weight is 315 g/mol. The van der Waals surface area contributed by atoms with Crippen molar-refractivity contribution in [3.05, 3.63) is 28.8 Å². The summed E-state index contributed by atoms with van der Waals surface area (Å²) in [6.07, 6.45) is 0.778. The lowest BCUT2D eigenvalue weighted by atomic mass is 10.2. The zero-order valence-electron chi connectivity index (χ0n) is 12.6. The molecule has 1 aromatic carbocycles. The molecule has 0 aromatic heterocycles. The van der Waals surface area contributed by atoms with Crippen LogP contribution in [0.4, 0.5) is 0 Å². The molecule has 1 aromatic rings. The molecule has 0 aliphatic heterocycles. The summed E-state index contributed by atoms with van der Waals surface area (Å²) in [5.74, 6) is 0.396. The van der Waals surface area contributed by atoms with E-state index in [2.05, 4.69) is 10.6 Å². The first-order valence-corrected chi connectivity index (χ1v) is 7.43. The maximum atomic E-state index is 11.7. The predicted octanol–water partition coefficient (Wildman–Crippen LogP) is 1.98. The lowest BCUT2D eigenvalue weighted by molar-refractivity contribution is -0.123. The maximum absolute atomic E-state index is 11.7. The van der Waals surface area contributed by atoms with Crippen molar-refractivity contribution in [3.63, 3.8) is 0 Å². The van der Waals surface area contributed by atoms with Crippen molar-refractivity contribution in [1.29, 1.82) is 0 Å². The number of ether oxygens (including phenoxy) is 2. The summed E-state index contributed by atoms with van der Waals surface area (Å²) in [7, 11) is 1.63. The molecule has 0 spiro atoms. The summed E-state index contributed by atoms with van der Waals surface area (Å²) in [5.41, 5.74) is 0.941. The predicted molar refractivity (Wildman–Crippen MR) is 83.8 cm³/mol. The summed E-state index contributed by atoms with van der Waals surface area (Å²) < 4.78 is 10.5. The van der Waals surface area contributed by atoms with Gasteiger partial charge in [0.1, 0.15) is 5.75 Å². The molecule has 1 amide bonds. The standard InChI is InChI=1S/C15H23ClN2O3/c1-3-17-10-12-6-4-7-13(16)15(12)21-11-14(19)18-8-5-9-20-2/h4,6-7,17H,3,5,8-11H2,1-2H3,(H,18,19). The van der Waals surface area contributed by atoms with Gasteiger partial charge < -0.3 is 20.1 Å². The largest absolute Gasteiger partial charge is 0.482 e. The van der Waals surface area contributed by atoms with Crippen LogP contribution in [0.5, 0.6) is 5.75 Å². The van der Waals surface area contributed by atoms with E-state index in [0.717, 1.165) is 18.5 Å². The van der Waals surface area contributed by atoms with Crippen LogP contribution in [0, 0.1) is 0 Å². The van der Waals surface area contributed by atoms with Crippen LogP contribution < -0.4 is 15.4 Å². The highest BCUT2D eigenvalue weighted by Crippen LogP contribution is 2.28. The van der Waals surface area contributed by atoms with Crippen molar-refractivity contribution in [1.82, 2.24) is 10.6 Å². The second kappa shape index (κ2) is 10.4. The van der Waals surface area contributed by atoms with E-state index in [1.165, 1.54) is 0 Å². The summed E-state index contributed by atoms with van der Waals surface area (Å²) in [6.45, 7) is 4.68. The lowest BCUT2D eigenvalue weighted by Gasteiger charge is -2.13. The van der Waals surface area contributed by atoms with E-state index in [0.29, 0.717) is 30.5 Å². The minimum absolute atomic E-state index is 0.0458. The zero-order chi connectivity index (χ0) is 15.5. The summed E-state index contributed by atoms with van der Waals surface area (Å²) in [4.78, 5) is 11.7. The third-order valence-corrected chi connectivity index (χ3v) is 3.11. The van der Waals surface area contributed by atoms with Crippen molar-refractivity contribution < 1.29 is 14.3 Å². The summed E-state index contributed by atoms with van der Waals surface area (Å²) in [5, 5.41) is 6.49. The maximum Gasteiger partial charge on any atom is 0.257 e. The molecule has 118 valence electrons. The van der Waals surface area contributed by atoms with Gasteiger partial charge in [0.2, 0.25) is 0 Å². The second-order valence-electron chi connectivity index (χ2n) is 4.49. The van der Waals surface area contributed by atoms with E-state index >= 15 is 0 Å². The van der Waals surface area contributed by atoms with E-state index in [1.807, 2.05) is 19.1 Å². The molecule has 0 bridgehead atoms. The molecule has 0 aliphatic rings. The molecule has 0 heterocycles. The van der Waals surface area contributed by atoms with Gasteiger partial charge in [0.25, 0.3) is 5.91 Å². The van der Waals surface area contributed by atoms with Crippen LogP contribution in [0.15, 0.2) is 18.2 Å². The van der Waals surface area contributed by atoms with Crippen molar-refractivity contribution in [2.24, 2.45) is 0 Å². The number of methoxy groups -OCH3 is 1. The molecule has 0 unspecified atom stereocenters. The van der Waals surface area contributed by atoms with Gasteiger partial charge >= 0.3 is 0 Å². The lowest BCUT2D eigenvalue weighted by Crippen LogP contribution is -2.30. The Balaban J connectivity index is 2.48. The van der Waals surface area contributed by atoms with Gasteiger partial charge in [-0.1, -0.05) is 30.7 Å². The van der Waals surface area contributed by atoms with Crippen molar-refractivity contribution in [2.75, 3.05) is 33.4 Å². The van der Waals surface area contributed by atoms with Crippen molar-refractivity contribution in [2.45, 2.75) is 19.9 Å². The number of nitrogens with one attached hydrogen (secondary N) is 2.